The first-order valence-electron chi connectivity index (χ1n) is 8.29. The molecule has 0 bridgehead atoms. The lowest BCUT2D eigenvalue weighted by atomic mass is 9.97. The first-order chi connectivity index (χ1) is 10.4. The van der Waals surface area contributed by atoms with E-state index in [1.54, 1.807) is 6.07 Å². The van der Waals surface area contributed by atoms with Gasteiger partial charge in [0.1, 0.15) is 5.82 Å². The zero-order valence-corrected chi connectivity index (χ0v) is 14.2. The molecule has 0 aliphatic heterocycles. The minimum atomic E-state index is -0.126. The molecule has 0 radical (unpaired) electrons. The van der Waals surface area contributed by atoms with Crippen LogP contribution >= 0.6 is 0 Å². The first kappa shape index (κ1) is 15.3. The van der Waals surface area contributed by atoms with E-state index in [0.29, 0.717) is 12.0 Å². The molecule has 1 aliphatic carbocycles. The van der Waals surface area contributed by atoms with Crippen molar-refractivity contribution in [3.8, 4) is 11.3 Å². The van der Waals surface area contributed by atoms with Crippen LogP contribution in [0.5, 0.6) is 0 Å². The van der Waals surface area contributed by atoms with Crippen molar-refractivity contribution in [3.63, 3.8) is 0 Å². The Morgan fingerprint density at radius 1 is 1.14 bits per heavy atom. The predicted octanol–water partition coefficient (Wildman–Crippen LogP) is 5.58. The minimum absolute atomic E-state index is 0.126. The van der Waals surface area contributed by atoms with Crippen molar-refractivity contribution in [2.45, 2.75) is 65.3 Å². The van der Waals surface area contributed by atoms with Crippen LogP contribution in [-0.2, 0) is 0 Å². The molecule has 0 saturated heterocycles. The highest BCUT2D eigenvalue weighted by atomic mass is 19.1. The van der Waals surface area contributed by atoms with E-state index in [4.69, 9.17) is 5.10 Å². The summed E-state index contributed by atoms with van der Waals surface area (Å²) in [6, 6.07) is 6.10. The van der Waals surface area contributed by atoms with E-state index in [9.17, 15) is 4.39 Å². The van der Waals surface area contributed by atoms with Crippen molar-refractivity contribution < 1.29 is 4.39 Å². The number of hydrogen-bond acceptors (Lipinski definition) is 1. The van der Waals surface area contributed by atoms with Gasteiger partial charge in [-0.25, -0.2) is 4.39 Å². The van der Waals surface area contributed by atoms with Gasteiger partial charge in [0.25, 0.3) is 0 Å². The zero-order chi connectivity index (χ0) is 16.0. The van der Waals surface area contributed by atoms with Gasteiger partial charge in [0.05, 0.1) is 11.7 Å². The van der Waals surface area contributed by atoms with Gasteiger partial charge in [-0.15, -0.1) is 0 Å². The van der Waals surface area contributed by atoms with Crippen LogP contribution in [-0.4, -0.2) is 9.78 Å². The van der Waals surface area contributed by atoms with Gasteiger partial charge >= 0.3 is 0 Å². The van der Waals surface area contributed by atoms with Gasteiger partial charge < -0.3 is 0 Å². The average molecular weight is 300 g/mol. The van der Waals surface area contributed by atoms with Gasteiger partial charge in [0.2, 0.25) is 0 Å². The number of hydrogen-bond donors (Lipinski definition) is 0. The summed E-state index contributed by atoms with van der Waals surface area (Å²) in [4.78, 5) is 0. The molecular weight excluding hydrogens is 275 g/mol. The third-order valence-corrected chi connectivity index (χ3v) is 4.53. The number of halogens is 1. The molecule has 0 N–H and O–H groups in total. The third kappa shape index (κ3) is 2.57. The summed E-state index contributed by atoms with van der Waals surface area (Å²) < 4.78 is 16.5. The summed E-state index contributed by atoms with van der Waals surface area (Å²) in [5.41, 5.74) is 5.09. The molecule has 1 heterocycles. The van der Waals surface area contributed by atoms with Gasteiger partial charge in [-0.2, -0.15) is 5.10 Å². The highest BCUT2D eigenvalue weighted by Crippen LogP contribution is 2.40. The van der Waals surface area contributed by atoms with Crippen LogP contribution in [0, 0.1) is 12.7 Å². The topological polar surface area (TPSA) is 17.8 Å². The standard InChI is InChI=1S/C19H25FN2/c1-11(2)16-9-6-14(10-17(16)20)18-13(5)19(12(3)4)22(21-18)15-7-8-15/h6,9-12,15H,7-8H2,1-5H3. The maximum absolute atomic E-state index is 14.3. The summed E-state index contributed by atoms with van der Waals surface area (Å²) in [6.07, 6.45) is 2.42. The highest BCUT2D eigenvalue weighted by Gasteiger charge is 2.30. The van der Waals surface area contributed by atoms with E-state index in [2.05, 4.69) is 25.5 Å². The zero-order valence-electron chi connectivity index (χ0n) is 14.2. The molecule has 0 unspecified atom stereocenters. The van der Waals surface area contributed by atoms with Crippen LogP contribution in [0.4, 0.5) is 4.39 Å². The van der Waals surface area contributed by atoms with E-state index >= 15 is 0 Å². The van der Waals surface area contributed by atoms with Crippen LogP contribution in [0.2, 0.25) is 0 Å². The summed E-state index contributed by atoms with van der Waals surface area (Å²) in [5.74, 6) is 0.506. The van der Waals surface area contributed by atoms with Crippen molar-refractivity contribution in [2.75, 3.05) is 0 Å². The van der Waals surface area contributed by atoms with Gasteiger partial charge in [-0.1, -0.05) is 39.8 Å². The number of rotatable bonds is 4. The van der Waals surface area contributed by atoms with E-state index in [-0.39, 0.29) is 11.7 Å². The molecular formula is C19H25FN2. The molecule has 1 saturated carbocycles. The van der Waals surface area contributed by atoms with E-state index in [1.165, 1.54) is 24.1 Å². The van der Waals surface area contributed by atoms with E-state index < -0.39 is 0 Å². The second-order valence-corrected chi connectivity index (χ2v) is 7.08. The van der Waals surface area contributed by atoms with Crippen LogP contribution in [0.15, 0.2) is 18.2 Å². The first-order valence-corrected chi connectivity index (χ1v) is 8.29. The lowest BCUT2D eigenvalue weighted by Crippen LogP contribution is -2.04. The Bertz CT molecular complexity index is 694. The van der Waals surface area contributed by atoms with E-state index in [1.807, 2.05) is 26.0 Å². The molecule has 2 nitrogen and oxygen atoms in total. The molecule has 118 valence electrons. The second kappa shape index (κ2) is 5.53. The molecule has 0 atom stereocenters. The normalized spacial score (nSPS) is 15.1. The monoisotopic (exact) mass is 300 g/mol. The van der Waals surface area contributed by atoms with Crippen molar-refractivity contribution in [1.29, 1.82) is 0 Å². The molecule has 0 amide bonds. The molecule has 1 fully saturated rings. The van der Waals surface area contributed by atoms with Gasteiger partial charge in [0.15, 0.2) is 0 Å². The molecule has 2 aromatic rings. The fourth-order valence-corrected chi connectivity index (χ4v) is 3.24. The molecule has 1 aromatic carbocycles. The van der Waals surface area contributed by atoms with Crippen molar-refractivity contribution in [2.24, 2.45) is 0 Å². The average Bonchev–Trinajstić information content (AvgIpc) is 3.21. The van der Waals surface area contributed by atoms with Gasteiger partial charge in [-0.05, 0) is 48.8 Å². The predicted molar refractivity (Wildman–Crippen MR) is 88.8 cm³/mol. The molecule has 1 aromatic heterocycles. The summed E-state index contributed by atoms with van der Waals surface area (Å²) in [6.45, 7) is 10.6. The Labute approximate surface area is 132 Å². The SMILES string of the molecule is Cc1c(-c2ccc(C(C)C)c(F)c2)nn(C2CC2)c1C(C)C. The maximum atomic E-state index is 14.3. The summed E-state index contributed by atoms with van der Waals surface area (Å²) in [5, 5.41) is 4.83. The lowest BCUT2D eigenvalue weighted by molar-refractivity contribution is 0.583. The molecule has 0 spiro atoms. The Kier molecular flexibility index (Phi) is 3.84. The Morgan fingerprint density at radius 2 is 1.82 bits per heavy atom. The minimum Gasteiger partial charge on any atom is -0.265 e. The molecule has 1 aliphatic rings. The smallest absolute Gasteiger partial charge is 0.127 e. The van der Waals surface area contributed by atoms with Crippen molar-refractivity contribution in [3.05, 3.63) is 40.8 Å². The fourth-order valence-electron chi connectivity index (χ4n) is 3.24. The van der Waals surface area contributed by atoms with Crippen LogP contribution in [0.1, 0.15) is 75.2 Å². The lowest BCUT2D eigenvalue weighted by Gasteiger charge is -2.10. The Balaban J connectivity index is 2.09. The summed E-state index contributed by atoms with van der Waals surface area (Å²) in [7, 11) is 0. The molecule has 3 heteroatoms. The van der Waals surface area contributed by atoms with Crippen LogP contribution < -0.4 is 0 Å². The maximum Gasteiger partial charge on any atom is 0.127 e. The quantitative estimate of drug-likeness (QED) is 0.720. The van der Waals surface area contributed by atoms with E-state index in [0.717, 1.165) is 16.8 Å². The number of aromatic nitrogens is 2. The summed E-state index contributed by atoms with van der Waals surface area (Å²) >= 11 is 0. The van der Waals surface area contributed by atoms with Crippen LogP contribution in [0.3, 0.4) is 0 Å². The molecule has 3 rings (SSSR count). The van der Waals surface area contributed by atoms with Crippen LogP contribution in [0.25, 0.3) is 11.3 Å². The Hall–Kier alpha value is -1.64. The molecule has 22 heavy (non-hydrogen) atoms. The van der Waals surface area contributed by atoms with Crippen molar-refractivity contribution in [1.82, 2.24) is 9.78 Å². The largest absolute Gasteiger partial charge is 0.265 e. The van der Waals surface area contributed by atoms with Gasteiger partial charge in [-0.3, -0.25) is 4.68 Å². The Morgan fingerprint density at radius 3 is 2.32 bits per heavy atom. The second-order valence-electron chi connectivity index (χ2n) is 7.08. The highest BCUT2D eigenvalue weighted by molar-refractivity contribution is 5.65. The third-order valence-electron chi connectivity index (χ3n) is 4.53. The fraction of sp³-hybridized carbons (Fsp3) is 0.526. The van der Waals surface area contributed by atoms with Crippen molar-refractivity contribution >= 4 is 0 Å². The van der Waals surface area contributed by atoms with Gasteiger partial charge in [0, 0.05) is 11.3 Å². The number of nitrogens with zero attached hydrogens (tertiary/aromatic N) is 2. The number of benzene rings is 1.